The zero-order valence-corrected chi connectivity index (χ0v) is 14.3. The van der Waals surface area contributed by atoms with Gasteiger partial charge in [0, 0.05) is 20.1 Å². The summed E-state index contributed by atoms with van der Waals surface area (Å²) in [4.78, 5) is 13.6. The fraction of sp³-hybridized carbons (Fsp3) is 0.462. The highest BCUT2D eigenvalue weighted by Crippen LogP contribution is 2.30. The van der Waals surface area contributed by atoms with E-state index in [0.717, 1.165) is 4.31 Å². The summed E-state index contributed by atoms with van der Waals surface area (Å²) < 4.78 is 31.2. The number of hydrogen-bond acceptors (Lipinski definition) is 4. The SMILES string of the molecule is CN(CC(=O)N1CCOCC1)S(=O)(=O)c1cccc(Cl)c1Cl. The van der Waals surface area contributed by atoms with Crippen LogP contribution >= 0.6 is 23.2 Å². The van der Waals surface area contributed by atoms with Crippen LogP contribution < -0.4 is 0 Å². The van der Waals surface area contributed by atoms with Crippen LogP contribution in [-0.2, 0) is 19.6 Å². The Kier molecular flexibility index (Phi) is 5.68. The zero-order valence-electron chi connectivity index (χ0n) is 12.0. The number of ether oxygens (including phenoxy) is 1. The van der Waals surface area contributed by atoms with E-state index in [4.69, 9.17) is 27.9 Å². The summed E-state index contributed by atoms with van der Waals surface area (Å²) in [7, 11) is -2.55. The number of carbonyl (C=O) groups is 1. The zero-order chi connectivity index (χ0) is 16.3. The van der Waals surface area contributed by atoms with Gasteiger partial charge in [-0.15, -0.1) is 0 Å². The van der Waals surface area contributed by atoms with E-state index in [1.165, 1.54) is 25.2 Å². The Morgan fingerprint density at radius 3 is 2.59 bits per heavy atom. The molecule has 0 N–H and O–H groups in total. The molecule has 0 aromatic heterocycles. The number of morpholine rings is 1. The first-order chi connectivity index (χ1) is 10.3. The molecule has 1 saturated heterocycles. The largest absolute Gasteiger partial charge is 0.378 e. The molecule has 22 heavy (non-hydrogen) atoms. The maximum Gasteiger partial charge on any atom is 0.244 e. The second-order valence-electron chi connectivity index (χ2n) is 4.81. The van der Waals surface area contributed by atoms with E-state index in [1.54, 1.807) is 4.90 Å². The van der Waals surface area contributed by atoms with Gasteiger partial charge in [-0.1, -0.05) is 29.3 Å². The molecule has 1 amide bonds. The van der Waals surface area contributed by atoms with E-state index < -0.39 is 10.0 Å². The van der Waals surface area contributed by atoms with Crippen molar-refractivity contribution in [1.82, 2.24) is 9.21 Å². The van der Waals surface area contributed by atoms with Crippen LogP contribution in [0.15, 0.2) is 23.1 Å². The van der Waals surface area contributed by atoms with Crippen LogP contribution in [0.25, 0.3) is 0 Å². The van der Waals surface area contributed by atoms with E-state index >= 15 is 0 Å². The molecule has 1 aromatic carbocycles. The Hall–Kier alpha value is -0.860. The fourth-order valence-corrected chi connectivity index (χ4v) is 3.89. The molecule has 0 bridgehead atoms. The number of carbonyl (C=O) groups excluding carboxylic acids is 1. The summed E-state index contributed by atoms with van der Waals surface area (Å²) in [5.41, 5.74) is 0. The minimum Gasteiger partial charge on any atom is -0.378 e. The molecular formula is C13H16Cl2N2O4S. The lowest BCUT2D eigenvalue weighted by molar-refractivity contribution is -0.135. The number of amides is 1. The third-order valence-corrected chi connectivity index (χ3v) is 6.10. The maximum absolute atomic E-state index is 12.5. The molecular weight excluding hydrogens is 351 g/mol. The molecule has 0 saturated carbocycles. The summed E-state index contributed by atoms with van der Waals surface area (Å²) in [5, 5.41) is 0.102. The van der Waals surface area contributed by atoms with E-state index in [0.29, 0.717) is 26.3 Å². The first kappa shape index (κ1) is 17.5. The van der Waals surface area contributed by atoms with Crippen LogP contribution in [0.2, 0.25) is 10.0 Å². The van der Waals surface area contributed by atoms with Crippen molar-refractivity contribution in [2.45, 2.75) is 4.90 Å². The molecule has 0 aliphatic carbocycles. The molecule has 0 atom stereocenters. The monoisotopic (exact) mass is 366 g/mol. The molecule has 1 aromatic rings. The standard InChI is InChI=1S/C13H16Cl2N2O4S/c1-16(9-12(18)17-5-7-21-8-6-17)22(19,20)11-4-2-3-10(14)13(11)15/h2-4H,5-9H2,1H3. The predicted molar refractivity (Wildman–Crippen MR) is 83.7 cm³/mol. The van der Waals surface area contributed by atoms with E-state index in [1.807, 2.05) is 0 Å². The van der Waals surface area contributed by atoms with Crippen LogP contribution in [0.1, 0.15) is 0 Å². The van der Waals surface area contributed by atoms with Crippen LogP contribution in [0, 0.1) is 0 Å². The van der Waals surface area contributed by atoms with Gasteiger partial charge in [-0.2, -0.15) is 4.31 Å². The molecule has 6 nitrogen and oxygen atoms in total. The first-order valence-electron chi connectivity index (χ1n) is 6.60. The summed E-state index contributed by atoms with van der Waals surface area (Å²) in [5.74, 6) is -0.271. The minimum atomic E-state index is -3.89. The maximum atomic E-state index is 12.5. The number of benzene rings is 1. The third kappa shape index (κ3) is 3.72. The molecule has 1 aliphatic rings. The van der Waals surface area contributed by atoms with Gasteiger partial charge in [-0.25, -0.2) is 8.42 Å². The van der Waals surface area contributed by atoms with Gasteiger partial charge in [0.2, 0.25) is 15.9 Å². The predicted octanol–water partition coefficient (Wildman–Crippen LogP) is 1.47. The quantitative estimate of drug-likeness (QED) is 0.809. The molecule has 1 aliphatic heterocycles. The molecule has 0 spiro atoms. The highest BCUT2D eigenvalue weighted by molar-refractivity contribution is 7.89. The Morgan fingerprint density at radius 2 is 1.95 bits per heavy atom. The highest BCUT2D eigenvalue weighted by atomic mass is 35.5. The second kappa shape index (κ2) is 7.14. The Morgan fingerprint density at radius 1 is 1.32 bits per heavy atom. The number of nitrogens with zero attached hydrogens (tertiary/aromatic N) is 2. The molecule has 1 fully saturated rings. The van der Waals surface area contributed by atoms with Crippen LogP contribution in [0.3, 0.4) is 0 Å². The summed E-state index contributed by atoms with van der Waals surface area (Å²) in [6, 6.07) is 4.36. The average molecular weight is 367 g/mol. The van der Waals surface area contributed by atoms with Crippen LogP contribution in [-0.4, -0.2) is 63.4 Å². The lowest BCUT2D eigenvalue weighted by atomic mass is 10.4. The normalized spacial score (nSPS) is 16.1. The molecule has 9 heteroatoms. The number of hydrogen-bond donors (Lipinski definition) is 0. The fourth-order valence-electron chi connectivity index (χ4n) is 2.04. The minimum absolute atomic E-state index is 0.0464. The van der Waals surface area contributed by atoms with Gasteiger partial charge in [0.05, 0.1) is 29.8 Å². The summed E-state index contributed by atoms with van der Waals surface area (Å²) >= 11 is 11.8. The molecule has 0 unspecified atom stereocenters. The average Bonchev–Trinajstić information content (AvgIpc) is 2.50. The van der Waals surface area contributed by atoms with Gasteiger partial charge in [-0.05, 0) is 12.1 Å². The number of likely N-dealkylation sites (N-methyl/N-ethyl adjacent to an activating group) is 1. The number of halogens is 2. The van der Waals surface area contributed by atoms with Crippen molar-refractivity contribution >= 4 is 39.1 Å². The van der Waals surface area contributed by atoms with E-state index in [2.05, 4.69) is 0 Å². The number of rotatable bonds is 4. The summed E-state index contributed by atoms with van der Waals surface area (Å²) in [6.07, 6.45) is 0. The lowest BCUT2D eigenvalue weighted by Crippen LogP contribution is -2.46. The Balaban J connectivity index is 2.15. The molecule has 1 heterocycles. The highest BCUT2D eigenvalue weighted by Gasteiger charge is 2.28. The van der Waals surface area contributed by atoms with Crippen molar-refractivity contribution in [1.29, 1.82) is 0 Å². The third-order valence-electron chi connectivity index (χ3n) is 3.33. The number of sulfonamides is 1. The van der Waals surface area contributed by atoms with Gasteiger partial charge in [0.15, 0.2) is 0 Å². The van der Waals surface area contributed by atoms with Gasteiger partial charge in [-0.3, -0.25) is 4.79 Å². The van der Waals surface area contributed by atoms with Crippen LogP contribution in [0.5, 0.6) is 0 Å². The Bertz CT molecular complexity index is 660. The van der Waals surface area contributed by atoms with Crippen molar-refractivity contribution in [3.8, 4) is 0 Å². The topological polar surface area (TPSA) is 66.9 Å². The first-order valence-corrected chi connectivity index (χ1v) is 8.79. The van der Waals surface area contributed by atoms with Crippen molar-refractivity contribution in [3.05, 3.63) is 28.2 Å². The van der Waals surface area contributed by atoms with Crippen molar-refractivity contribution < 1.29 is 17.9 Å². The molecule has 0 radical (unpaired) electrons. The molecule has 122 valence electrons. The van der Waals surface area contributed by atoms with E-state index in [-0.39, 0.29) is 27.4 Å². The smallest absolute Gasteiger partial charge is 0.244 e. The van der Waals surface area contributed by atoms with Crippen molar-refractivity contribution in [3.63, 3.8) is 0 Å². The van der Waals surface area contributed by atoms with Gasteiger partial charge < -0.3 is 9.64 Å². The van der Waals surface area contributed by atoms with Gasteiger partial charge in [0.25, 0.3) is 0 Å². The van der Waals surface area contributed by atoms with Crippen LogP contribution in [0.4, 0.5) is 0 Å². The van der Waals surface area contributed by atoms with E-state index in [9.17, 15) is 13.2 Å². The van der Waals surface area contributed by atoms with Gasteiger partial charge in [0.1, 0.15) is 4.90 Å². The second-order valence-corrected chi connectivity index (χ2v) is 7.60. The van der Waals surface area contributed by atoms with Crippen molar-refractivity contribution in [2.75, 3.05) is 39.9 Å². The lowest BCUT2D eigenvalue weighted by Gasteiger charge is -2.28. The Labute approximate surface area is 139 Å². The van der Waals surface area contributed by atoms with Crippen molar-refractivity contribution in [2.24, 2.45) is 0 Å². The molecule has 2 rings (SSSR count). The summed E-state index contributed by atoms with van der Waals surface area (Å²) in [6.45, 7) is 1.59. The van der Waals surface area contributed by atoms with Gasteiger partial charge >= 0.3 is 0 Å².